The fraction of sp³-hybridized carbons (Fsp3) is 0.583. The van der Waals surface area contributed by atoms with Crippen molar-refractivity contribution in [3.63, 3.8) is 0 Å². The molecule has 2 rings (SSSR count). The lowest BCUT2D eigenvalue weighted by atomic mass is 10.0. The Kier molecular flexibility index (Phi) is 3.29. The summed E-state index contributed by atoms with van der Waals surface area (Å²) < 4.78 is 1.06. The molecule has 82 valence electrons. The standard InChI is InChI=1S/C12H17BrN2/c1-3-12-9(2)4-5-15(12)11-6-10(13)7-14-8-11/h6-9,12H,3-5H2,1-2H3. The van der Waals surface area contributed by atoms with E-state index in [4.69, 9.17) is 0 Å². The topological polar surface area (TPSA) is 16.1 Å². The Balaban J connectivity index is 2.23. The minimum atomic E-state index is 0.682. The first-order chi connectivity index (χ1) is 7.22. The molecule has 0 radical (unpaired) electrons. The zero-order chi connectivity index (χ0) is 10.8. The number of hydrogen-bond acceptors (Lipinski definition) is 2. The van der Waals surface area contributed by atoms with E-state index in [-0.39, 0.29) is 0 Å². The van der Waals surface area contributed by atoms with Gasteiger partial charge in [0.15, 0.2) is 0 Å². The van der Waals surface area contributed by atoms with Gasteiger partial charge in [-0.1, -0.05) is 13.8 Å². The highest BCUT2D eigenvalue weighted by molar-refractivity contribution is 9.10. The minimum absolute atomic E-state index is 0.682. The van der Waals surface area contributed by atoms with Crippen molar-refractivity contribution in [2.45, 2.75) is 32.7 Å². The van der Waals surface area contributed by atoms with Crippen LogP contribution in [0.4, 0.5) is 5.69 Å². The molecule has 15 heavy (non-hydrogen) atoms. The summed E-state index contributed by atoms with van der Waals surface area (Å²) in [6, 6.07) is 2.84. The molecule has 0 aliphatic carbocycles. The lowest BCUT2D eigenvalue weighted by molar-refractivity contribution is 0.499. The van der Waals surface area contributed by atoms with Gasteiger partial charge in [-0.25, -0.2) is 0 Å². The van der Waals surface area contributed by atoms with Crippen molar-refractivity contribution >= 4 is 21.6 Å². The summed E-state index contributed by atoms with van der Waals surface area (Å²) in [6.45, 7) is 5.78. The second kappa shape index (κ2) is 4.52. The first kappa shape index (κ1) is 10.9. The molecule has 0 saturated carbocycles. The SMILES string of the molecule is CCC1C(C)CCN1c1cncc(Br)c1. The predicted molar refractivity (Wildman–Crippen MR) is 67.1 cm³/mol. The maximum Gasteiger partial charge on any atom is 0.0566 e. The predicted octanol–water partition coefficient (Wildman–Crippen LogP) is 3.47. The Morgan fingerprint density at radius 1 is 1.53 bits per heavy atom. The zero-order valence-corrected chi connectivity index (χ0v) is 10.9. The third-order valence-electron chi connectivity index (χ3n) is 3.32. The van der Waals surface area contributed by atoms with E-state index in [0.717, 1.165) is 16.9 Å². The Morgan fingerprint density at radius 3 is 3.00 bits per heavy atom. The number of nitrogens with zero attached hydrogens (tertiary/aromatic N) is 2. The Morgan fingerprint density at radius 2 is 2.33 bits per heavy atom. The van der Waals surface area contributed by atoms with E-state index in [9.17, 15) is 0 Å². The molecule has 0 N–H and O–H groups in total. The quantitative estimate of drug-likeness (QED) is 0.817. The van der Waals surface area contributed by atoms with Crippen LogP contribution in [0.3, 0.4) is 0 Å². The van der Waals surface area contributed by atoms with Crippen LogP contribution in [0, 0.1) is 5.92 Å². The van der Waals surface area contributed by atoms with Crippen LogP contribution >= 0.6 is 15.9 Å². The van der Waals surface area contributed by atoms with Crippen molar-refractivity contribution in [1.29, 1.82) is 0 Å². The smallest absolute Gasteiger partial charge is 0.0566 e. The van der Waals surface area contributed by atoms with Gasteiger partial charge in [-0.05, 0) is 40.8 Å². The highest BCUT2D eigenvalue weighted by Gasteiger charge is 2.29. The molecule has 1 aromatic heterocycles. The maximum absolute atomic E-state index is 4.23. The average molecular weight is 269 g/mol. The summed E-state index contributed by atoms with van der Waals surface area (Å²) in [5.74, 6) is 0.800. The highest BCUT2D eigenvalue weighted by atomic mass is 79.9. The molecule has 1 aliphatic heterocycles. The van der Waals surface area contributed by atoms with Gasteiger partial charge < -0.3 is 4.90 Å². The molecule has 1 aromatic rings. The van der Waals surface area contributed by atoms with Gasteiger partial charge in [-0.3, -0.25) is 4.98 Å². The van der Waals surface area contributed by atoms with Crippen molar-refractivity contribution in [3.05, 3.63) is 22.9 Å². The molecule has 2 heterocycles. The third kappa shape index (κ3) is 2.17. The van der Waals surface area contributed by atoms with Gasteiger partial charge >= 0.3 is 0 Å². The number of rotatable bonds is 2. The number of pyridine rings is 1. The van der Waals surface area contributed by atoms with Gasteiger partial charge in [0.2, 0.25) is 0 Å². The molecule has 2 unspecified atom stereocenters. The normalized spacial score (nSPS) is 25.9. The summed E-state index contributed by atoms with van der Waals surface area (Å²) in [4.78, 5) is 6.72. The van der Waals surface area contributed by atoms with Crippen LogP contribution in [0.5, 0.6) is 0 Å². The van der Waals surface area contributed by atoms with Crippen LogP contribution in [0.15, 0.2) is 22.9 Å². The van der Waals surface area contributed by atoms with Gasteiger partial charge in [-0.2, -0.15) is 0 Å². The molecule has 2 nitrogen and oxygen atoms in total. The minimum Gasteiger partial charge on any atom is -0.367 e. The van der Waals surface area contributed by atoms with Gasteiger partial charge in [0, 0.05) is 23.3 Å². The molecular weight excluding hydrogens is 252 g/mol. The molecule has 1 fully saturated rings. The van der Waals surface area contributed by atoms with Crippen molar-refractivity contribution < 1.29 is 0 Å². The number of halogens is 1. The molecule has 2 atom stereocenters. The summed E-state index contributed by atoms with van der Waals surface area (Å²) in [5.41, 5.74) is 1.25. The molecule has 0 spiro atoms. The third-order valence-corrected chi connectivity index (χ3v) is 3.76. The molecule has 3 heteroatoms. The summed E-state index contributed by atoms with van der Waals surface area (Å²) in [5, 5.41) is 0. The Labute approximate surface area is 99.8 Å². The second-order valence-electron chi connectivity index (χ2n) is 4.30. The maximum atomic E-state index is 4.23. The van der Waals surface area contributed by atoms with Crippen LogP contribution in [0.25, 0.3) is 0 Å². The molecule has 0 bridgehead atoms. The second-order valence-corrected chi connectivity index (χ2v) is 5.21. The van der Waals surface area contributed by atoms with Gasteiger partial charge in [0.1, 0.15) is 0 Å². The molecule has 0 amide bonds. The number of hydrogen-bond donors (Lipinski definition) is 0. The fourth-order valence-electron chi connectivity index (χ4n) is 2.51. The van der Waals surface area contributed by atoms with Crippen LogP contribution in [-0.2, 0) is 0 Å². The zero-order valence-electron chi connectivity index (χ0n) is 9.28. The van der Waals surface area contributed by atoms with E-state index in [0.29, 0.717) is 6.04 Å². The Bertz CT molecular complexity index is 340. The van der Waals surface area contributed by atoms with E-state index in [1.165, 1.54) is 18.5 Å². The molecule has 1 aliphatic rings. The lowest BCUT2D eigenvalue weighted by Gasteiger charge is -2.27. The van der Waals surface area contributed by atoms with E-state index in [1.54, 1.807) is 0 Å². The van der Waals surface area contributed by atoms with E-state index in [2.05, 4.69) is 45.7 Å². The monoisotopic (exact) mass is 268 g/mol. The summed E-state index contributed by atoms with van der Waals surface area (Å²) in [6.07, 6.45) is 6.31. The van der Waals surface area contributed by atoms with Crippen molar-refractivity contribution in [2.24, 2.45) is 5.92 Å². The highest BCUT2D eigenvalue weighted by Crippen LogP contribution is 2.31. The van der Waals surface area contributed by atoms with Crippen LogP contribution in [-0.4, -0.2) is 17.6 Å². The Hall–Kier alpha value is -0.570. The van der Waals surface area contributed by atoms with Crippen molar-refractivity contribution in [2.75, 3.05) is 11.4 Å². The number of anilines is 1. The average Bonchev–Trinajstić information content (AvgIpc) is 2.59. The van der Waals surface area contributed by atoms with Gasteiger partial charge in [-0.15, -0.1) is 0 Å². The van der Waals surface area contributed by atoms with Crippen LogP contribution in [0.1, 0.15) is 26.7 Å². The molecule has 0 aromatic carbocycles. The largest absolute Gasteiger partial charge is 0.367 e. The first-order valence-corrected chi connectivity index (χ1v) is 6.39. The van der Waals surface area contributed by atoms with E-state index < -0.39 is 0 Å². The first-order valence-electron chi connectivity index (χ1n) is 5.59. The lowest BCUT2D eigenvalue weighted by Crippen LogP contribution is -2.31. The van der Waals surface area contributed by atoms with Gasteiger partial charge in [0.05, 0.1) is 11.9 Å². The van der Waals surface area contributed by atoms with Crippen molar-refractivity contribution in [3.8, 4) is 0 Å². The van der Waals surface area contributed by atoms with Gasteiger partial charge in [0.25, 0.3) is 0 Å². The summed E-state index contributed by atoms with van der Waals surface area (Å²) >= 11 is 3.48. The number of aromatic nitrogens is 1. The molecule has 1 saturated heterocycles. The fourth-order valence-corrected chi connectivity index (χ4v) is 2.86. The molecular formula is C12H17BrN2. The summed E-state index contributed by atoms with van der Waals surface area (Å²) in [7, 11) is 0. The van der Waals surface area contributed by atoms with Crippen molar-refractivity contribution in [1.82, 2.24) is 4.98 Å². The van der Waals surface area contributed by atoms with Crippen LogP contribution < -0.4 is 4.90 Å². The van der Waals surface area contributed by atoms with Crippen LogP contribution in [0.2, 0.25) is 0 Å². The van der Waals surface area contributed by atoms with E-state index in [1.807, 2.05) is 12.4 Å². The van der Waals surface area contributed by atoms with E-state index >= 15 is 0 Å².